The highest BCUT2D eigenvalue weighted by Gasteiger charge is 2.47. The molecule has 1 aromatic carbocycles. The number of hydrogen-bond donors (Lipinski definition) is 3. The number of ether oxygens (including phenoxy) is 1. The summed E-state index contributed by atoms with van der Waals surface area (Å²) in [6, 6.07) is 6.51. The molecule has 24 heavy (non-hydrogen) atoms. The zero-order valence-electron chi connectivity index (χ0n) is 13.3. The number of carbonyl (C=O) groups excluding carboxylic acids is 2. The van der Waals surface area contributed by atoms with Gasteiger partial charge in [-0.15, -0.1) is 0 Å². The van der Waals surface area contributed by atoms with Gasteiger partial charge in [0, 0.05) is 22.0 Å². The molecule has 1 fully saturated rings. The fourth-order valence-corrected chi connectivity index (χ4v) is 3.59. The number of Topliss-reactive ketones (excluding diaryl/α,β-unsaturated/α-hetero) is 1. The van der Waals surface area contributed by atoms with Gasteiger partial charge in [0.2, 0.25) is 0 Å². The lowest BCUT2D eigenvalue weighted by Crippen LogP contribution is -2.64. The van der Waals surface area contributed by atoms with Crippen LogP contribution in [0.2, 0.25) is 5.02 Å². The summed E-state index contributed by atoms with van der Waals surface area (Å²) in [7, 11) is 1.33. The zero-order valence-corrected chi connectivity index (χ0v) is 14.1. The summed E-state index contributed by atoms with van der Waals surface area (Å²) >= 11 is 5.98. The van der Waals surface area contributed by atoms with E-state index in [4.69, 9.17) is 27.8 Å². The van der Waals surface area contributed by atoms with Crippen molar-refractivity contribution in [2.75, 3.05) is 7.11 Å². The van der Waals surface area contributed by atoms with Crippen molar-refractivity contribution in [1.29, 1.82) is 0 Å². The van der Waals surface area contributed by atoms with Gasteiger partial charge < -0.3 is 21.2 Å². The monoisotopic (exact) mass is 349 g/mol. The summed E-state index contributed by atoms with van der Waals surface area (Å²) in [4.78, 5) is 27.9. The van der Waals surface area contributed by atoms with Crippen molar-refractivity contribution in [2.24, 2.45) is 17.4 Å². The normalized spacial score (nSPS) is 27.2. The molecular weight excluding hydrogens is 330 g/mol. The topological polar surface area (TPSA) is 111 Å². The number of H-pyrrole nitrogens is 1. The average Bonchev–Trinajstić information content (AvgIpc) is 2.98. The fraction of sp³-hybridized carbons (Fsp3) is 0.412. The van der Waals surface area contributed by atoms with Gasteiger partial charge >= 0.3 is 5.97 Å². The Hall–Kier alpha value is -1.89. The molecule has 3 atom stereocenters. The Labute approximate surface area is 144 Å². The van der Waals surface area contributed by atoms with Gasteiger partial charge in [-0.2, -0.15) is 0 Å². The molecule has 1 saturated carbocycles. The highest BCUT2D eigenvalue weighted by atomic mass is 35.5. The van der Waals surface area contributed by atoms with Crippen LogP contribution < -0.4 is 11.5 Å². The van der Waals surface area contributed by atoms with Crippen LogP contribution in [0.4, 0.5) is 0 Å². The van der Waals surface area contributed by atoms with Crippen molar-refractivity contribution >= 4 is 34.3 Å². The molecule has 1 aliphatic carbocycles. The maximum Gasteiger partial charge on any atom is 0.308 e. The van der Waals surface area contributed by atoms with Crippen molar-refractivity contribution in [1.82, 2.24) is 4.98 Å². The summed E-state index contributed by atoms with van der Waals surface area (Å²) in [5.41, 5.74) is 12.4. The molecule has 1 heterocycles. The molecule has 5 N–H and O–H groups in total. The predicted molar refractivity (Wildman–Crippen MR) is 91.9 cm³/mol. The zero-order chi connectivity index (χ0) is 17.5. The third-order valence-corrected chi connectivity index (χ3v) is 5.09. The lowest BCUT2D eigenvalue weighted by atomic mass is 9.70. The number of fused-ring (bicyclic) bond motifs is 1. The summed E-state index contributed by atoms with van der Waals surface area (Å²) in [5.74, 6) is -1.06. The maximum absolute atomic E-state index is 13.0. The molecule has 0 saturated heterocycles. The van der Waals surface area contributed by atoms with Crippen LogP contribution in [0.15, 0.2) is 24.3 Å². The predicted octanol–water partition coefficient (Wildman–Crippen LogP) is 2.00. The maximum atomic E-state index is 13.0. The summed E-state index contributed by atoms with van der Waals surface area (Å²) in [6.07, 6.45) is 1.24. The van der Waals surface area contributed by atoms with E-state index in [9.17, 15) is 9.59 Å². The van der Waals surface area contributed by atoms with E-state index in [2.05, 4.69) is 4.98 Å². The number of benzene rings is 1. The molecule has 0 radical (unpaired) electrons. The van der Waals surface area contributed by atoms with Crippen LogP contribution in [0, 0.1) is 5.92 Å². The van der Waals surface area contributed by atoms with Crippen LogP contribution in [-0.2, 0) is 9.53 Å². The summed E-state index contributed by atoms with van der Waals surface area (Å²) in [6.45, 7) is 0. The van der Waals surface area contributed by atoms with Gasteiger partial charge in [-0.05, 0) is 43.5 Å². The van der Waals surface area contributed by atoms with Crippen molar-refractivity contribution in [2.45, 2.75) is 30.8 Å². The number of esters is 1. The van der Waals surface area contributed by atoms with Gasteiger partial charge in [0.05, 0.1) is 24.3 Å². The summed E-state index contributed by atoms with van der Waals surface area (Å²) < 4.78 is 4.80. The standard InChI is InChI=1S/C17H20ClN3O3/c1-24-16(23)9-2-5-14(19)17(20,8-9)15(22)13-7-10-6-11(18)3-4-12(10)21-13/h3-4,6-7,9,14,21H,2,5,8,19-20H2,1H3. The molecule has 0 spiro atoms. The van der Waals surface area contributed by atoms with Gasteiger partial charge in [-0.3, -0.25) is 9.59 Å². The first kappa shape index (κ1) is 17.0. The minimum atomic E-state index is -1.30. The first-order valence-corrected chi connectivity index (χ1v) is 8.18. The molecule has 3 rings (SSSR count). The van der Waals surface area contributed by atoms with Crippen LogP contribution in [0.5, 0.6) is 0 Å². The highest BCUT2D eigenvalue weighted by Crippen LogP contribution is 2.34. The molecule has 1 aromatic heterocycles. The number of aromatic nitrogens is 1. The molecule has 1 aliphatic rings. The minimum Gasteiger partial charge on any atom is -0.469 e. The van der Waals surface area contributed by atoms with Crippen LogP contribution in [0.3, 0.4) is 0 Å². The smallest absolute Gasteiger partial charge is 0.308 e. The molecule has 0 aliphatic heterocycles. The number of ketones is 1. The van der Waals surface area contributed by atoms with Crippen LogP contribution in [-0.4, -0.2) is 35.4 Å². The molecule has 0 bridgehead atoms. The number of methoxy groups -OCH3 is 1. The molecule has 3 unspecified atom stereocenters. The Morgan fingerprint density at radius 3 is 2.79 bits per heavy atom. The van der Waals surface area contributed by atoms with E-state index in [1.54, 1.807) is 24.3 Å². The van der Waals surface area contributed by atoms with Gasteiger partial charge in [0.25, 0.3) is 0 Å². The van der Waals surface area contributed by atoms with E-state index in [1.807, 2.05) is 0 Å². The lowest BCUT2D eigenvalue weighted by molar-refractivity contribution is -0.147. The molecule has 7 heteroatoms. The van der Waals surface area contributed by atoms with Gasteiger partial charge in [-0.1, -0.05) is 11.6 Å². The Balaban J connectivity index is 1.94. The third-order valence-electron chi connectivity index (χ3n) is 4.86. The van der Waals surface area contributed by atoms with E-state index in [0.29, 0.717) is 23.6 Å². The van der Waals surface area contributed by atoms with Crippen LogP contribution >= 0.6 is 11.6 Å². The fourth-order valence-electron chi connectivity index (χ4n) is 3.40. The number of aromatic amines is 1. The Kier molecular flexibility index (Phi) is 4.38. The first-order valence-electron chi connectivity index (χ1n) is 7.80. The molecular formula is C17H20ClN3O3. The van der Waals surface area contributed by atoms with E-state index in [1.165, 1.54) is 7.11 Å². The van der Waals surface area contributed by atoms with E-state index in [-0.39, 0.29) is 18.2 Å². The Morgan fingerprint density at radius 2 is 2.08 bits per heavy atom. The number of rotatable bonds is 3. The van der Waals surface area contributed by atoms with Crippen LogP contribution in [0.1, 0.15) is 29.8 Å². The molecule has 2 aromatic rings. The van der Waals surface area contributed by atoms with Gasteiger partial charge in [0.15, 0.2) is 5.78 Å². The van der Waals surface area contributed by atoms with E-state index < -0.39 is 17.5 Å². The minimum absolute atomic E-state index is 0.176. The second kappa shape index (κ2) is 6.20. The number of nitrogens with two attached hydrogens (primary N) is 2. The van der Waals surface area contributed by atoms with Crippen molar-refractivity contribution < 1.29 is 14.3 Å². The van der Waals surface area contributed by atoms with E-state index >= 15 is 0 Å². The number of nitrogens with one attached hydrogen (secondary N) is 1. The largest absolute Gasteiger partial charge is 0.469 e. The van der Waals surface area contributed by atoms with Crippen molar-refractivity contribution in [3.8, 4) is 0 Å². The highest BCUT2D eigenvalue weighted by molar-refractivity contribution is 6.31. The molecule has 128 valence electrons. The average molecular weight is 350 g/mol. The van der Waals surface area contributed by atoms with Gasteiger partial charge in [0.1, 0.15) is 0 Å². The first-order chi connectivity index (χ1) is 11.3. The Morgan fingerprint density at radius 1 is 1.33 bits per heavy atom. The van der Waals surface area contributed by atoms with E-state index in [0.717, 1.165) is 10.9 Å². The van der Waals surface area contributed by atoms with Crippen LogP contribution in [0.25, 0.3) is 10.9 Å². The SMILES string of the molecule is COC(=O)C1CCC(N)C(N)(C(=O)c2cc3cc(Cl)ccc3[nH]2)C1. The summed E-state index contributed by atoms with van der Waals surface area (Å²) in [5, 5.41) is 1.41. The number of hydrogen-bond acceptors (Lipinski definition) is 5. The molecule has 0 amide bonds. The quantitative estimate of drug-likeness (QED) is 0.579. The second-order valence-electron chi connectivity index (χ2n) is 6.39. The molecule has 6 nitrogen and oxygen atoms in total. The second-order valence-corrected chi connectivity index (χ2v) is 6.83. The van der Waals surface area contributed by atoms with Crippen molar-refractivity contribution in [3.63, 3.8) is 0 Å². The number of carbonyl (C=O) groups is 2. The Bertz CT molecular complexity index is 803. The lowest BCUT2D eigenvalue weighted by Gasteiger charge is -2.40. The van der Waals surface area contributed by atoms with Gasteiger partial charge in [-0.25, -0.2) is 0 Å². The van der Waals surface area contributed by atoms with Crippen molar-refractivity contribution in [3.05, 3.63) is 35.0 Å². The number of halogens is 1. The third kappa shape index (κ3) is 2.81.